The highest BCUT2D eigenvalue weighted by Crippen LogP contribution is 2.43. The molecule has 0 spiro atoms. The maximum atomic E-state index is 13.0. The van der Waals surface area contributed by atoms with Crippen molar-refractivity contribution in [3.8, 4) is 5.75 Å². The highest BCUT2D eigenvalue weighted by Gasteiger charge is 2.47. The minimum Gasteiger partial charge on any atom is -0.508 e. The fraction of sp³-hybridized carbons (Fsp3) is 0.0833. The van der Waals surface area contributed by atoms with E-state index >= 15 is 0 Å². The Kier molecular flexibility index (Phi) is 5.75. The van der Waals surface area contributed by atoms with Gasteiger partial charge in [0.15, 0.2) is 0 Å². The smallest absolute Gasteiger partial charge is 0.416 e. The van der Waals surface area contributed by atoms with Gasteiger partial charge in [0.25, 0.3) is 11.7 Å². The number of Topliss-reactive ketones (excluding diaryl/α,β-unsaturated/α-hetero) is 1. The maximum absolute atomic E-state index is 13.0. The van der Waals surface area contributed by atoms with E-state index in [-0.39, 0.29) is 22.6 Å². The summed E-state index contributed by atoms with van der Waals surface area (Å²) in [4.78, 5) is 27.0. The van der Waals surface area contributed by atoms with E-state index in [9.17, 15) is 33.0 Å². The molecule has 4 rings (SSSR count). The maximum Gasteiger partial charge on any atom is 0.416 e. The largest absolute Gasteiger partial charge is 0.508 e. The number of aliphatic hydroxyl groups excluding tert-OH is 1. The second-order valence-electron chi connectivity index (χ2n) is 7.31. The zero-order valence-electron chi connectivity index (χ0n) is 16.7. The molecule has 3 aromatic rings. The molecule has 0 aliphatic carbocycles. The number of nitrogens with zero attached hydrogens (tertiary/aromatic N) is 1. The van der Waals surface area contributed by atoms with Crippen LogP contribution in [0.25, 0.3) is 5.76 Å². The number of rotatable bonds is 3. The van der Waals surface area contributed by atoms with E-state index in [4.69, 9.17) is 0 Å². The van der Waals surface area contributed by atoms with Crippen molar-refractivity contribution in [3.63, 3.8) is 0 Å². The van der Waals surface area contributed by atoms with Gasteiger partial charge in [0.2, 0.25) is 0 Å². The van der Waals surface area contributed by atoms with Crippen molar-refractivity contribution in [2.24, 2.45) is 0 Å². The van der Waals surface area contributed by atoms with Crippen molar-refractivity contribution < 1.29 is 33.0 Å². The number of phenolic OH excluding ortho intramolecular Hbond substituents is 1. The summed E-state index contributed by atoms with van der Waals surface area (Å²) in [5, 5.41) is 20.6. The van der Waals surface area contributed by atoms with E-state index in [0.717, 1.165) is 33.6 Å². The van der Waals surface area contributed by atoms with Crippen molar-refractivity contribution in [1.29, 1.82) is 0 Å². The van der Waals surface area contributed by atoms with Gasteiger partial charge >= 0.3 is 6.18 Å². The highest BCUT2D eigenvalue weighted by molar-refractivity contribution is 9.10. The van der Waals surface area contributed by atoms with Gasteiger partial charge in [-0.15, -0.1) is 0 Å². The summed E-state index contributed by atoms with van der Waals surface area (Å²) in [6.07, 6.45) is -4.56. The molecule has 0 saturated carbocycles. The van der Waals surface area contributed by atoms with Gasteiger partial charge in [0.05, 0.1) is 17.2 Å². The first-order valence-electron chi connectivity index (χ1n) is 9.61. The molecule has 2 N–H and O–H groups in total. The van der Waals surface area contributed by atoms with Crippen molar-refractivity contribution in [2.45, 2.75) is 12.2 Å². The Bertz CT molecular complexity index is 1250. The Morgan fingerprint density at radius 1 is 0.879 bits per heavy atom. The molecule has 0 bridgehead atoms. The van der Waals surface area contributed by atoms with Crippen LogP contribution in [0.2, 0.25) is 0 Å². The summed E-state index contributed by atoms with van der Waals surface area (Å²) in [6.45, 7) is 0. The molecule has 1 saturated heterocycles. The fourth-order valence-electron chi connectivity index (χ4n) is 3.65. The van der Waals surface area contributed by atoms with Crippen LogP contribution in [0.3, 0.4) is 0 Å². The summed E-state index contributed by atoms with van der Waals surface area (Å²) in [7, 11) is 0. The summed E-state index contributed by atoms with van der Waals surface area (Å²) >= 11 is 3.28. The van der Waals surface area contributed by atoms with Crippen LogP contribution < -0.4 is 4.90 Å². The second-order valence-corrected chi connectivity index (χ2v) is 8.23. The molecule has 1 amide bonds. The molecule has 9 heteroatoms. The van der Waals surface area contributed by atoms with Gasteiger partial charge in [-0.25, -0.2) is 0 Å². The summed E-state index contributed by atoms with van der Waals surface area (Å²) in [5.74, 6) is -2.45. The number of aliphatic hydroxyl groups is 1. The molecular formula is C24H15BrF3NO4. The summed E-state index contributed by atoms with van der Waals surface area (Å²) in [5.41, 5.74) is -0.400. The average Bonchev–Trinajstić information content (AvgIpc) is 3.04. The number of aromatic hydroxyl groups is 1. The van der Waals surface area contributed by atoms with Crippen molar-refractivity contribution >= 4 is 39.1 Å². The molecule has 1 aliphatic heterocycles. The number of anilines is 1. The van der Waals surface area contributed by atoms with E-state index in [0.29, 0.717) is 5.56 Å². The van der Waals surface area contributed by atoms with Gasteiger partial charge in [-0.2, -0.15) is 13.2 Å². The van der Waals surface area contributed by atoms with Gasteiger partial charge in [0.1, 0.15) is 11.5 Å². The molecule has 1 heterocycles. The molecule has 168 valence electrons. The molecule has 1 atom stereocenters. The van der Waals surface area contributed by atoms with Crippen molar-refractivity contribution in [3.05, 3.63) is 99.5 Å². The summed E-state index contributed by atoms with van der Waals surface area (Å²) in [6, 6.07) is 14.8. The van der Waals surface area contributed by atoms with Crippen LogP contribution in [0.15, 0.2) is 82.8 Å². The van der Waals surface area contributed by atoms with E-state index in [1.54, 1.807) is 24.3 Å². The molecular weight excluding hydrogens is 503 g/mol. The van der Waals surface area contributed by atoms with Crippen LogP contribution in [-0.4, -0.2) is 21.9 Å². The minimum atomic E-state index is -4.56. The van der Waals surface area contributed by atoms with Crippen molar-refractivity contribution in [2.75, 3.05) is 4.90 Å². The second kappa shape index (κ2) is 8.40. The van der Waals surface area contributed by atoms with Crippen LogP contribution >= 0.6 is 15.9 Å². The van der Waals surface area contributed by atoms with Gasteiger partial charge in [0, 0.05) is 15.7 Å². The molecule has 0 aromatic heterocycles. The molecule has 1 aliphatic rings. The van der Waals surface area contributed by atoms with Gasteiger partial charge in [-0.3, -0.25) is 14.5 Å². The van der Waals surface area contributed by atoms with Gasteiger partial charge in [-0.1, -0.05) is 40.2 Å². The molecule has 0 radical (unpaired) electrons. The highest BCUT2D eigenvalue weighted by atomic mass is 79.9. The Hall–Kier alpha value is -3.59. The molecule has 3 aromatic carbocycles. The number of hydrogen-bond acceptors (Lipinski definition) is 4. The van der Waals surface area contributed by atoms with Crippen molar-refractivity contribution in [1.82, 2.24) is 0 Å². The lowest BCUT2D eigenvalue weighted by atomic mass is 9.95. The van der Waals surface area contributed by atoms with Crippen LogP contribution in [0, 0.1) is 0 Å². The van der Waals surface area contributed by atoms with Gasteiger partial charge < -0.3 is 10.2 Å². The average molecular weight is 518 g/mol. The quantitative estimate of drug-likeness (QED) is 0.261. The fourth-order valence-corrected chi connectivity index (χ4v) is 3.91. The Morgan fingerprint density at radius 3 is 2.00 bits per heavy atom. The number of hydrogen-bond donors (Lipinski definition) is 2. The number of phenols is 1. The van der Waals surface area contributed by atoms with Crippen LogP contribution in [0.5, 0.6) is 5.75 Å². The van der Waals surface area contributed by atoms with E-state index in [1.807, 2.05) is 0 Å². The molecule has 1 unspecified atom stereocenters. The van der Waals surface area contributed by atoms with Crippen LogP contribution in [0.1, 0.15) is 22.7 Å². The number of carbonyl (C=O) groups excluding carboxylic acids is 2. The molecule has 33 heavy (non-hydrogen) atoms. The Balaban J connectivity index is 1.89. The zero-order chi connectivity index (χ0) is 23.9. The zero-order valence-corrected chi connectivity index (χ0v) is 18.3. The number of halogens is 4. The lowest BCUT2D eigenvalue weighted by molar-refractivity contribution is -0.137. The number of ketones is 1. The first-order valence-corrected chi connectivity index (χ1v) is 10.4. The monoisotopic (exact) mass is 517 g/mol. The van der Waals surface area contributed by atoms with E-state index < -0.39 is 35.2 Å². The first-order chi connectivity index (χ1) is 15.6. The Morgan fingerprint density at radius 2 is 1.45 bits per heavy atom. The van der Waals surface area contributed by atoms with E-state index in [1.165, 1.54) is 24.3 Å². The lowest BCUT2D eigenvalue weighted by Crippen LogP contribution is -2.29. The number of amides is 1. The third kappa shape index (κ3) is 4.23. The standard InChI is InChI=1S/C24H15BrF3NO4/c25-16-7-1-14(2-8-16)21(31)19-20(13-3-11-18(30)12-4-13)29(23(33)22(19)32)17-9-5-15(6-10-17)24(26,27)28/h1-12,20,30-31H/b21-19+. The first kappa shape index (κ1) is 22.6. The number of benzene rings is 3. The van der Waals surface area contributed by atoms with E-state index in [2.05, 4.69) is 15.9 Å². The predicted octanol–water partition coefficient (Wildman–Crippen LogP) is 5.80. The lowest BCUT2D eigenvalue weighted by Gasteiger charge is -2.25. The topological polar surface area (TPSA) is 77.8 Å². The van der Waals surface area contributed by atoms with Crippen LogP contribution in [0.4, 0.5) is 18.9 Å². The summed E-state index contributed by atoms with van der Waals surface area (Å²) < 4.78 is 39.7. The number of alkyl halides is 3. The molecule has 1 fully saturated rings. The third-order valence-corrected chi connectivity index (χ3v) is 5.77. The molecule has 5 nitrogen and oxygen atoms in total. The van der Waals surface area contributed by atoms with Crippen LogP contribution in [-0.2, 0) is 15.8 Å². The normalized spacial score (nSPS) is 18.1. The predicted molar refractivity (Wildman–Crippen MR) is 118 cm³/mol. The van der Waals surface area contributed by atoms with Gasteiger partial charge in [-0.05, 0) is 54.1 Å². The Labute approximate surface area is 194 Å². The SMILES string of the molecule is O=C1C(=O)N(c2ccc(C(F)(F)F)cc2)C(c2ccc(O)cc2)/C1=C(\O)c1ccc(Br)cc1. The third-order valence-electron chi connectivity index (χ3n) is 5.24. The minimum absolute atomic E-state index is 0.0537. The number of carbonyl (C=O) groups is 2.